The van der Waals surface area contributed by atoms with Crippen molar-refractivity contribution in [3.05, 3.63) is 93.1 Å². The van der Waals surface area contributed by atoms with Crippen molar-refractivity contribution >= 4 is 40.4 Å². The van der Waals surface area contributed by atoms with Gasteiger partial charge in [-0.25, -0.2) is 5.43 Å². The number of hydrogen-bond donors (Lipinski definition) is 1. The van der Waals surface area contributed by atoms with Gasteiger partial charge in [0.15, 0.2) is 0 Å². The van der Waals surface area contributed by atoms with Crippen molar-refractivity contribution < 1.29 is 9.53 Å². The fourth-order valence-corrected chi connectivity index (χ4v) is 4.17. The summed E-state index contributed by atoms with van der Waals surface area (Å²) in [5.74, 6) is 0.602. The molecule has 0 radical (unpaired) electrons. The van der Waals surface area contributed by atoms with Crippen LogP contribution in [0.4, 0.5) is 5.69 Å². The maximum atomic E-state index is 12.3. The third-order valence-corrected chi connectivity index (χ3v) is 6.02. The van der Waals surface area contributed by atoms with E-state index in [9.17, 15) is 4.79 Å². The third-order valence-electron chi connectivity index (χ3n) is 5.17. The van der Waals surface area contributed by atoms with Crippen LogP contribution in [0.1, 0.15) is 34.3 Å². The van der Waals surface area contributed by atoms with Gasteiger partial charge in [-0.05, 0) is 89.0 Å². The molecule has 0 unspecified atom stereocenters. The van der Waals surface area contributed by atoms with E-state index in [0.717, 1.165) is 33.5 Å². The molecule has 6 heteroatoms. The van der Waals surface area contributed by atoms with Crippen molar-refractivity contribution in [2.45, 2.75) is 19.4 Å². The molecule has 0 spiro atoms. The molecule has 0 bridgehead atoms. The average Bonchev–Trinajstić information content (AvgIpc) is 3.34. The van der Waals surface area contributed by atoms with Gasteiger partial charge in [0, 0.05) is 24.3 Å². The zero-order valence-electron chi connectivity index (χ0n) is 17.1. The van der Waals surface area contributed by atoms with Crippen LogP contribution in [-0.2, 0) is 6.61 Å². The smallest absolute Gasteiger partial charge is 0.271 e. The average molecular weight is 525 g/mol. The van der Waals surface area contributed by atoms with Crippen LogP contribution in [0.15, 0.2) is 77.9 Å². The van der Waals surface area contributed by atoms with Gasteiger partial charge >= 0.3 is 0 Å². The van der Waals surface area contributed by atoms with Gasteiger partial charge in [-0.2, -0.15) is 5.10 Å². The van der Waals surface area contributed by atoms with Crippen LogP contribution < -0.4 is 15.1 Å². The predicted octanol–water partition coefficient (Wildman–Crippen LogP) is 5.23. The van der Waals surface area contributed by atoms with Gasteiger partial charge in [-0.15, -0.1) is 0 Å². The first kappa shape index (κ1) is 21.4. The van der Waals surface area contributed by atoms with Crippen LogP contribution in [0.25, 0.3) is 0 Å². The number of carbonyl (C=O) groups is 1. The maximum absolute atomic E-state index is 12.3. The van der Waals surface area contributed by atoms with Crippen LogP contribution in [0, 0.1) is 3.57 Å². The Morgan fingerprint density at radius 2 is 1.77 bits per heavy atom. The van der Waals surface area contributed by atoms with Crippen LogP contribution in [0.3, 0.4) is 0 Å². The van der Waals surface area contributed by atoms with Gasteiger partial charge in [0.1, 0.15) is 12.4 Å². The number of anilines is 1. The summed E-state index contributed by atoms with van der Waals surface area (Å²) in [5, 5.41) is 4.10. The molecule has 5 nitrogen and oxygen atoms in total. The van der Waals surface area contributed by atoms with E-state index in [0.29, 0.717) is 12.2 Å². The molecule has 158 valence electrons. The van der Waals surface area contributed by atoms with Crippen LogP contribution >= 0.6 is 22.6 Å². The quantitative estimate of drug-likeness (QED) is 0.261. The lowest BCUT2D eigenvalue weighted by Crippen LogP contribution is -2.19. The van der Waals surface area contributed by atoms with Crippen LogP contribution in [0.5, 0.6) is 5.75 Å². The molecule has 4 rings (SSSR count). The second-order valence-corrected chi connectivity index (χ2v) is 8.57. The number of halogens is 1. The van der Waals surface area contributed by atoms with Crippen molar-refractivity contribution in [2.24, 2.45) is 5.10 Å². The Labute approximate surface area is 196 Å². The Hall–Kier alpha value is -2.87. The lowest BCUT2D eigenvalue weighted by Gasteiger charge is -2.17. The predicted molar refractivity (Wildman–Crippen MR) is 133 cm³/mol. The molecule has 3 aromatic carbocycles. The first-order valence-corrected chi connectivity index (χ1v) is 11.4. The normalized spacial score (nSPS) is 13.5. The molecule has 1 fully saturated rings. The highest BCUT2D eigenvalue weighted by molar-refractivity contribution is 14.1. The second kappa shape index (κ2) is 10.4. The molecule has 1 saturated heterocycles. The standard InChI is InChI=1S/C25H24IN3O2/c26-23-16-20(8-13-24(23)31-18-19-6-2-1-3-7-19)17-27-28-25(30)21-9-11-22(12-10-21)29-14-4-5-15-29/h1-3,6-13,16-17H,4-5,14-15,18H2,(H,28,30)/b27-17-. The highest BCUT2D eigenvalue weighted by Gasteiger charge is 2.13. The Morgan fingerprint density at radius 1 is 1.03 bits per heavy atom. The molecular weight excluding hydrogens is 501 g/mol. The molecule has 31 heavy (non-hydrogen) atoms. The highest BCUT2D eigenvalue weighted by atomic mass is 127. The van der Waals surface area contributed by atoms with Gasteiger partial charge in [-0.1, -0.05) is 30.3 Å². The molecule has 3 aromatic rings. The summed E-state index contributed by atoms with van der Waals surface area (Å²) in [7, 11) is 0. The summed E-state index contributed by atoms with van der Waals surface area (Å²) in [6, 6.07) is 23.6. The first-order chi connectivity index (χ1) is 15.2. The number of nitrogens with zero attached hydrogens (tertiary/aromatic N) is 2. The second-order valence-electron chi connectivity index (χ2n) is 7.40. The van der Waals surface area contributed by atoms with E-state index in [1.54, 1.807) is 6.21 Å². The topological polar surface area (TPSA) is 53.9 Å². The minimum absolute atomic E-state index is 0.221. The first-order valence-electron chi connectivity index (χ1n) is 10.3. The fourth-order valence-electron chi connectivity index (χ4n) is 3.48. The SMILES string of the molecule is O=C(N/N=C\c1ccc(OCc2ccccc2)c(I)c1)c1ccc(N2CCCC2)cc1. The number of hydrazone groups is 1. The van der Waals surface area contributed by atoms with E-state index < -0.39 is 0 Å². The van der Waals surface area contributed by atoms with E-state index in [-0.39, 0.29) is 5.91 Å². The molecule has 1 aliphatic heterocycles. The Balaban J connectivity index is 1.31. The number of amides is 1. The van der Waals surface area contributed by atoms with Crippen LogP contribution in [-0.4, -0.2) is 25.2 Å². The highest BCUT2D eigenvalue weighted by Crippen LogP contribution is 2.23. The summed E-state index contributed by atoms with van der Waals surface area (Å²) in [4.78, 5) is 14.7. The summed E-state index contributed by atoms with van der Waals surface area (Å²) in [6.45, 7) is 2.70. The van der Waals surface area contributed by atoms with Crippen molar-refractivity contribution in [2.75, 3.05) is 18.0 Å². The van der Waals surface area contributed by atoms with Gasteiger partial charge in [0.2, 0.25) is 0 Å². The molecular formula is C25H24IN3O2. The Kier molecular flexibility index (Phi) is 7.19. The van der Waals surface area contributed by atoms with Gasteiger partial charge in [0.05, 0.1) is 9.78 Å². The number of rotatable bonds is 7. The molecule has 1 N–H and O–H groups in total. The largest absolute Gasteiger partial charge is 0.488 e. The third kappa shape index (κ3) is 5.85. The van der Waals surface area contributed by atoms with Gasteiger partial charge < -0.3 is 9.64 Å². The zero-order chi connectivity index (χ0) is 21.5. The number of benzene rings is 3. The van der Waals surface area contributed by atoms with Gasteiger partial charge in [0.25, 0.3) is 5.91 Å². The molecule has 0 aliphatic carbocycles. The zero-order valence-corrected chi connectivity index (χ0v) is 19.3. The van der Waals surface area contributed by atoms with E-state index in [1.807, 2.05) is 72.8 Å². The van der Waals surface area contributed by atoms with Crippen LogP contribution in [0.2, 0.25) is 0 Å². The van der Waals surface area contributed by atoms with Gasteiger partial charge in [-0.3, -0.25) is 4.79 Å². The molecule has 1 amide bonds. The lowest BCUT2D eigenvalue weighted by atomic mass is 10.2. The Bertz CT molecular complexity index is 1050. The maximum Gasteiger partial charge on any atom is 0.271 e. The fraction of sp³-hybridized carbons (Fsp3) is 0.200. The summed E-state index contributed by atoms with van der Waals surface area (Å²) >= 11 is 2.24. The molecule has 1 heterocycles. The number of nitrogens with one attached hydrogen (secondary N) is 1. The number of hydrogen-bond acceptors (Lipinski definition) is 4. The summed E-state index contributed by atoms with van der Waals surface area (Å²) in [5.41, 5.74) is 6.38. The van der Waals surface area contributed by atoms with E-state index in [1.165, 1.54) is 18.5 Å². The van der Waals surface area contributed by atoms with E-state index in [4.69, 9.17) is 4.74 Å². The monoisotopic (exact) mass is 525 g/mol. The summed E-state index contributed by atoms with van der Waals surface area (Å²) < 4.78 is 6.89. The minimum Gasteiger partial charge on any atom is -0.488 e. The van der Waals surface area contributed by atoms with Crippen molar-refractivity contribution in [1.29, 1.82) is 0 Å². The van der Waals surface area contributed by atoms with Crippen molar-refractivity contribution in [3.8, 4) is 5.75 Å². The molecule has 1 aliphatic rings. The molecule has 0 saturated carbocycles. The van der Waals surface area contributed by atoms with Crippen molar-refractivity contribution in [1.82, 2.24) is 5.43 Å². The minimum atomic E-state index is -0.221. The number of carbonyl (C=O) groups excluding carboxylic acids is 1. The van der Waals surface area contributed by atoms with E-state index in [2.05, 4.69) is 38.0 Å². The number of ether oxygens (including phenoxy) is 1. The molecule has 0 atom stereocenters. The summed E-state index contributed by atoms with van der Waals surface area (Å²) in [6.07, 6.45) is 4.10. The Morgan fingerprint density at radius 3 is 2.48 bits per heavy atom. The lowest BCUT2D eigenvalue weighted by molar-refractivity contribution is 0.0955. The van der Waals surface area contributed by atoms with E-state index >= 15 is 0 Å². The van der Waals surface area contributed by atoms with Crippen molar-refractivity contribution in [3.63, 3.8) is 0 Å². The molecule has 0 aromatic heterocycles.